The Morgan fingerprint density at radius 2 is 1.64 bits per heavy atom. The molecule has 2 bridgehead atoms. The van der Waals surface area contributed by atoms with Gasteiger partial charge in [-0.25, -0.2) is 0 Å². The van der Waals surface area contributed by atoms with E-state index in [2.05, 4.69) is 0 Å². The van der Waals surface area contributed by atoms with Crippen LogP contribution in [0.4, 0.5) is 5.69 Å². The third-order valence-electron chi connectivity index (χ3n) is 5.11. The van der Waals surface area contributed by atoms with Crippen LogP contribution in [0.15, 0.2) is 24.3 Å². The summed E-state index contributed by atoms with van der Waals surface area (Å²) in [5, 5.41) is 29.3. The standard InChI is InChI=1S/C15H15NO6/c17-14(18)12-8-5-10(11(6-8)13(12)15(19)20)7-1-3-9(4-2-7)16(21)22/h1-4,8,10-13H,5-6H2,(H,17,18)(H,19,20)/t8-,10-,11+,12+,13+/m0/s1. The lowest BCUT2D eigenvalue weighted by molar-refractivity contribution is -0.384. The second kappa shape index (κ2) is 5.08. The molecule has 2 N–H and O–H groups in total. The SMILES string of the molecule is O=C(O)[C@@H]1[C@@H]2C[C@@H]([C@H]1C(=O)O)[C@H](c1ccc([N+](=O)[O-])cc1)C2. The van der Waals surface area contributed by atoms with Crippen molar-refractivity contribution in [2.24, 2.45) is 23.7 Å². The lowest BCUT2D eigenvalue weighted by atomic mass is 9.71. The molecule has 0 unspecified atom stereocenters. The average Bonchev–Trinajstić information content (AvgIpc) is 3.04. The van der Waals surface area contributed by atoms with Gasteiger partial charge in [-0.1, -0.05) is 12.1 Å². The Bertz CT molecular complexity index is 640. The molecule has 22 heavy (non-hydrogen) atoms. The first-order valence-corrected chi connectivity index (χ1v) is 7.10. The minimum absolute atomic E-state index is 0.00916. The van der Waals surface area contributed by atoms with Gasteiger partial charge in [0.2, 0.25) is 0 Å². The van der Waals surface area contributed by atoms with Gasteiger partial charge in [0.1, 0.15) is 0 Å². The molecule has 3 rings (SSSR count). The molecule has 2 saturated carbocycles. The number of non-ortho nitro benzene ring substituents is 1. The maximum absolute atomic E-state index is 11.5. The fourth-order valence-electron chi connectivity index (χ4n) is 4.28. The van der Waals surface area contributed by atoms with Crippen molar-refractivity contribution in [2.45, 2.75) is 18.8 Å². The zero-order valence-corrected chi connectivity index (χ0v) is 11.6. The van der Waals surface area contributed by atoms with Crippen molar-refractivity contribution < 1.29 is 24.7 Å². The maximum atomic E-state index is 11.5. The predicted molar refractivity (Wildman–Crippen MR) is 74.3 cm³/mol. The highest BCUT2D eigenvalue weighted by atomic mass is 16.6. The molecule has 0 radical (unpaired) electrons. The Kier molecular flexibility index (Phi) is 3.35. The molecule has 7 heteroatoms. The van der Waals surface area contributed by atoms with E-state index in [0.29, 0.717) is 12.8 Å². The molecule has 2 fully saturated rings. The summed E-state index contributed by atoms with van der Waals surface area (Å²) in [6.07, 6.45) is 1.22. The molecular formula is C15H15NO6. The number of nitro groups is 1. The lowest BCUT2D eigenvalue weighted by Gasteiger charge is -2.31. The average molecular weight is 305 g/mol. The molecule has 0 heterocycles. The van der Waals surface area contributed by atoms with Crippen molar-refractivity contribution in [3.8, 4) is 0 Å². The van der Waals surface area contributed by atoms with E-state index in [1.54, 1.807) is 12.1 Å². The zero-order valence-electron chi connectivity index (χ0n) is 11.6. The van der Waals surface area contributed by atoms with Crippen molar-refractivity contribution in [3.63, 3.8) is 0 Å². The molecule has 0 saturated heterocycles. The van der Waals surface area contributed by atoms with Gasteiger partial charge in [-0.3, -0.25) is 19.7 Å². The number of fused-ring (bicyclic) bond motifs is 2. The van der Waals surface area contributed by atoms with Crippen molar-refractivity contribution in [1.82, 2.24) is 0 Å². The Morgan fingerprint density at radius 1 is 1.05 bits per heavy atom. The molecule has 0 amide bonds. The van der Waals surface area contributed by atoms with Gasteiger partial charge in [-0.15, -0.1) is 0 Å². The second-order valence-corrected chi connectivity index (χ2v) is 6.08. The summed E-state index contributed by atoms with van der Waals surface area (Å²) in [6.45, 7) is 0. The molecule has 116 valence electrons. The van der Waals surface area contributed by atoms with Gasteiger partial charge >= 0.3 is 11.9 Å². The van der Waals surface area contributed by atoms with Crippen molar-refractivity contribution >= 4 is 17.6 Å². The molecule has 1 aromatic carbocycles. The zero-order chi connectivity index (χ0) is 16.0. The third kappa shape index (κ3) is 2.13. The quantitative estimate of drug-likeness (QED) is 0.649. The number of hydrogen-bond acceptors (Lipinski definition) is 4. The Hall–Kier alpha value is -2.44. The molecule has 7 nitrogen and oxygen atoms in total. The van der Waals surface area contributed by atoms with Gasteiger partial charge < -0.3 is 10.2 Å². The summed E-state index contributed by atoms with van der Waals surface area (Å²) in [7, 11) is 0. The Balaban J connectivity index is 1.88. The van der Waals surface area contributed by atoms with E-state index in [0.717, 1.165) is 5.56 Å². The van der Waals surface area contributed by atoms with Crippen LogP contribution in [0.25, 0.3) is 0 Å². The highest BCUT2D eigenvalue weighted by Gasteiger charge is 2.58. The minimum Gasteiger partial charge on any atom is -0.481 e. The molecule has 1 aromatic rings. The monoisotopic (exact) mass is 305 g/mol. The molecule has 2 aliphatic carbocycles. The summed E-state index contributed by atoms with van der Waals surface area (Å²) < 4.78 is 0. The molecule has 0 aromatic heterocycles. The fourth-order valence-corrected chi connectivity index (χ4v) is 4.28. The number of hydrogen-bond donors (Lipinski definition) is 2. The summed E-state index contributed by atoms with van der Waals surface area (Å²) in [5.41, 5.74) is 0.846. The third-order valence-corrected chi connectivity index (χ3v) is 5.11. The predicted octanol–water partition coefficient (Wildman–Crippen LogP) is 2.12. The number of nitro benzene ring substituents is 1. The van der Waals surface area contributed by atoms with Gasteiger partial charge in [-0.05, 0) is 36.2 Å². The van der Waals surface area contributed by atoms with Crippen LogP contribution in [-0.2, 0) is 9.59 Å². The summed E-state index contributed by atoms with van der Waals surface area (Å²) in [6, 6.07) is 6.12. The van der Waals surface area contributed by atoms with E-state index in [9.17, 15) is 29.9 Å². The van der Waals surface area contributed by atoms with E-state index in [1.165, 1.54) is 12.1 Å². The molecular weight excluding hydrogens is 290 g/mol. The van der Waals surface area contributed by atoms with E-state index in [-0.39, 0.29) is 23.4 Å². The number of nitrogens with zero attached hydrogens (tertiary/aromatic N) is 1. The highest BCUT2D eigenvalue weighted by molar-refractivity contribution is 5.82. The normalized spacial score (nSPS) is 32.8. The number of aliphatic carboxylic acids is 2. The van der Waals surface area contributed by atoms with E-state index in [1.807, 2.05) is 0 Å². The molecule has 0 spiro atoms. The van der Waals surface area contributed by atoms with Gasteiger partial charge in [-0.2, -0.15) is 0 Å². The fraction of sp³-hybridized carbons (Fsp3) is 0.467. The largest absolute Gasteiger partial charge is 0.481 e. The number of carbonyl (C=O) groups is 2. The maximum Gasteiger partial charge on any atom is 0.307 e. The van der Waals surface area contributed by atoms with Crippen molar-refractivity contribution in [3.05, 3.63) is 39.9 Å². The van der Waals surface area contributed by atoms with E-state index < -0.39 is 28.7 Å². The van der Waals surface area contributed by atoms with E-state index >= 15 is 0 Å². The van der Waals surface area contributed by atoms with Gasteiger partial charge in [0.05, 0.1) is 16.8 Å². The van der Waals surface area contributed by atoms with Crippen molar-refractivity contribution in [1.29, 1.82) is 0 Å². The summed E-state index contributed by atoms with van der Waals surface area (Å²) in [4.78, 5) is 33.0. The van der Waals surface area contributed by atoms with Gasteiger partial charge in [0.15, 0.2) is 0 Å². The van der Waals surface area contributed by atoms with Gasteiger partial charge in [0, 0.05) is 12.1 Å². The first-order valence-electron chi connectivity index (χ1n) is 7.10. The number of carboxylic acids is 2. The van der Waals surface area contributed by atoms with Crippen LogP contribution < -0.4 is 0 Å². The Labute approximate surface area is 125 Å². The molecule has 5 atom stereocenters. The first kappa shape index (κ1) is 14.5. The summed E-state index contributed by atoms with van der Waals surface area (Å²) >= 11 is 0. The van der Waals surface area contributed by atoms with Crippen LogP contribution in [0.2, 0.25) is 0 Å². The van der Waals surface area contributed by atoms with Crippen LogP contribution >= 0.6 is 0 Å². The number of rotatable bonds is 4. The topological polar surface area (TPSA) is 118 Å². The first-order chi connectivity index (χ1) is 10.4. The number of carboxylic acid groups (broad SMARTS) is 2. The van der Waals surface area contributed by atoms with Crippen LogP contribution in [0.1, 0.15) is 24.3 Å². The highest BCUT2D eigenvalue weighted by Crippen LogP contribution is 2.58. The second-order valence-electron chi connectivity index (χ2n) is 6.08. The minimum atomic E-state index is -1.06. The molecule has 0 aliphatic heterocycles. The smallest absolute Gasteiger partial charge is 0.307 e. The number of benzene rings is 1. The van der Waals surface area contributed by atoms with Crippen LogP contribution in [-0.4, -0.2) is 27.1 Å². The van der Waals surface area contributed by atoms with E-state index in [4.69, 9.17) is 0 Å². The van der Waals surface area contributed by atoms with Crippen LogP contribution in [0, 0.1) is 33.8 Å². The van der Waals surface area contributed by atoms with Crippen molar-refractivity contribution in [2.75, 3.05) is 0 Å². The van der Waals surface area contributed by atoms with Crippen LogP contribution in [0.3, 0.4) is 0 Å². The molecule has 2 aliphatic rings. The lowest BCUT2D eigenvalue weighted by Crippen LogP contribution is -2.37. The summed E-state index contributed by atoms with van der Waals surface area (Å²) in [5.74, 6) is -4.20. The van der Waals surface area contributed by atoms with Crippen LogP contribution in [0.5, 0.6) is 0 Å². The van der Waals surface area contributed by atoms with Gasteiger partial charge in [0.25, 0.3) is 5.69 Å². The Morgan fingerprint density at radius 3 is 2.14 bits per heavy atom.